The number of carbonyl (C=O) groups is 2. The van der Waals surface area contributed by atoms with Gasteiger partial charge in [-0.3, -0.25) is 14.6 Å². The van der Waals surface area contributed by atoms with E-state index in [1.807, 2.05) is 4.90 Å². The van der Waals surface area contributed by atoms with Crippen molar-refractivity contribution in [3.63, 3.8) is 0 Å². The molecule has 41 heavy (non-hydrogen) atoms. The van der Waals surface area contributed by atoms with E-state index in [-0.39, 0.29) is 29.6 Å². The topological polar surface area (TPSA) is 149 Å². The minimum absolute atomic E-state index is 0.00571. The molecule has 2 bridgehead atoms. The molecule has 216 valence electrons. The second-order valence-corrected chi connectivity index (χ2v) is 10.5. The van der Waals surface area contributed by atoms with E-state index in [0.29, 0.717) is 42.2 Å². The summed E-state index contributed by atoms with van der Waals surface area (Å²) in [6.45, 7) is 2.17. The first-order valence-corrected chi connectivity index (χ1v) is 13.3. The zero-order valence-corrected chi connectivity index (χ0v) is 22.3. The van der Waals surface area contributed by atoms with Crippen molar-refractivity contribution >= 4 is 23.6 Å². The summed E-state index contributed by atoms with van der Waals surface area (Å²) in [5.74, 6) is -0.234. The Hall–Kier alpha value is -4.42. The molecule has 1 saturated carbocycles. The summed E-state index contributed by atoms with van der Waals surface area (Å²) in [5.41, 5.74) is 11.0. The molecule has 3 unspecified atom stereocenters. The Morgan fingerprint density at radius 3 is 2.51 bits per heavy atom. The van der Waals surface area contributed by atoms with Crippen molar-refractivity contribution in [3.8, 4) is 16.9 Å². The number of aromatic nitrogens is 3. The van der Waals surface area contributed by atoms with Gasteiger partial charge in [0.05, 0.1) is 5.56 Å². The first kappa shape index (κ1) is 28.1. The molecule has 13 heteroatoms. The maximum absolute atomic E-state index is 13.5. The fourth-order valence-corrected chi connectivity index (χ4v) is 5.45. The van der Waals surface area contributed by atoms with Crippen LogP contribution in [0.4, 0.5) is 24.9 Å². The molecule has 4 heterocycles. The molecular weight excluding hydrogens is 539 g/mol. The molecule has 2 aromatic heterocycles. The highest BCUT2D eigenvalue weighted by molar-refractivity contribution is 5.92. The van der Waals surface area contributed by atoms with Gasteiger partial charge in [-0.05, 0) is 68.0 Å². The third-order valence-electron chi connectivity index (χ3n) is 7.54. The number of alkyl halides is 3. The number of nitrogens with one attached hydrogen (secondary N) is 1. The van der Waals surface area contributed by atoms with Gasteiger partial charge in [-0.25, -0.2) is 4.98 Å². The number of halogens is 3. The minimum atomic E-state index is -4.50. The lowest BCUT2D eigenvalue weighted by Crippen LogP contribution is -2.43. The van der Waals surface area contributed by atoms with Crippen molar-refractivity contribution in [2.75, 3.05) is 16.8 Å². The molecule has 1 aliphatic carbocycles. The van der Waals surface area contributed by atoms with Gasteiger partial charge < -0.3 is 26.4 Å². The van der Waals surface area contributed by atoms with Crippen molar-refractivity contribution in [3.05, 3.63) is 60.0 Å². The standard InChI is InChI=1S/C28H30F3N7O3/c1-15(25(32)39)35-24-13-22(26(33)40)36-27(37-24)38-14-16-2-4-19(38)12-20(10-16)41-23-5-3-18(28(29,30)31)11-21(23)17-6-8-34-9-7-17/h3,5-9,11,13,15-16,19-20H,2,4,10,12,14H2,1H3,(H2,32,39)(H2,33,40)(H,35,36,37)/t15-,16?,19?,20?/m0/s1. The average molecular weight is 570 g/mol. The number of hydrogen-bond acceptors (Lipinski definition) is 8. The van der Waals surface area contributed by atoms with Crippen LogP contribution in [0.5, 0.6) is 5.75 Å². The smallest absolute Gasteiger partial charge is 0.416 e. The highest BCUT2D eigenvalue weighted by atomic mass is 19.4. The third kappa shape index (κ3) is 6.34. The van der Waals surface area contributed by atoms with Gasteiger partial charge in [0.2, 0.25) is 11.9 Å². The maximum Gasteiger partial charge on any atom is 0.416 e. The largest absolute Gasteiger partial charge is 0.490 e. The predicted molar refractivity (Wildman–Crippen MR) is 145 cm³/mol. The molecule has 6 rings (SSSR count). The van der Waals surface area contributed by atoms with E-state index in [1.54, 1.807) is 19.1 Å². The molecule has 3 aromatic rings. The summed E-state index contributed by atoms with van der Waals surface area (Å²) in [5, 5.41) is 2.88. The van der Waals surface area contributed by atoms with Gasteiger partial charge in [-0.15, -0.1) is 0 Å². The lowest BCUT2D eigenvalue weighted by molar-refractivity contribution is -0.137. The van der Waals surface area contributed by atoms with E-state index in [2.05, 4.69) is 20.3 Å². The van der Waals surface area contributed by atoms with E-state index < -0.39 is 29.6 Å². The number of amides is 2. The number of benzene rings is 1. The van der Waals surface area contributed by atoms with E-state index in [1.165, 1.54) is 24.5 Å². The molecule has 2 amide bonds. The van der Waals surface area contributed by atoms with Gasteiger partial charge >= 0.3 is 6.18 Å². The van der Waals surface area contributed by atoms with Crippen molar-refractivity contribution < 1.29 is 27.5 Å². The predicted octanol–water partition coefficient (Wildman–Crippen LogP) is 3.77. The number of fused-ring (bicyclic) bond motifs is 4. The number of rotatable bonds is 8. The summed E-state index contributed by atoms with van der Waals surface area (Å²) in [6, 6.07) is 7.38. The van der Waals surface area contributed by atoms with Crippen LogP contribution in [0.1, 0.15) is 48.7 Å². The van der Waals surface area contributed by atoms with Crippen molar-refractivity contribution in [2.45, 2.75) is 57.0 Å². The monoisotopic (exact) mass is 569 g/mol. The van der Waals surface area contributed by atoms with Crippen LogP contribution in [0.15, 0.2) is 48.8 Å². The molecule has 3 fully saturated rings. The number of primary amides is 2. The van der Waals surface area contributed by atoms with Gasteiger partial charge in [-0.1, -0.05) is 0 Å². The second-order valence-electron chi connectivity index (χ2n) is 10.5. The van der Waals surface area contributed by atoms with Crippen LogP contribution in [0.25, 0.3) is 11.1 Å². The Bertz CT molecular complexity index is 1440. The van der Waals surface area contributed by atoms with Crippen molar-refractivity contribution in [2.24, 2.45) is 17.4 Å². The first-order chi connectivity index (χ1) is 19.5. The molecule has 0 radical (unpaired) electrons. The fourth-order valence-electron chi connectivity index (χ4n) is 5.45. The zero-order valence-electron chi connectivity index (χ0n) is 22.3. The quantitative estimate of drug-likeness (QED) is 0.371. The summed E-state index contributed by atoms with van der Waals surface area (Å²) in [4.78, 5) is 38.5. The number of anilines is 2. The molecular formula is C28H30F3N7O3. The van der Waals surface area contributed by atoms with Crippen LogP contribution in [0.2, 0.25) is 0 Å². The van der Waals surface area contributed by atoms with E-state index in [9.17, 15) is 22.8 Å². The normalized spacial score (nSPS) is 21.2. The van der Waals surface area contributed by atoms with Gasteiger partial charge in [-0.2, -0.15) is 18.2 Å². The minimum Gasteiger partial charge on any atom is -0.490 e. The number of pyridine rings is 1. The van der Waals surface area contributed by atoms with Crippen LogP contribution in [-0.4, -0.2) is 51.5 Å². The van der Waals surface area contributed by atoms with Crippen LogP contribution in [-0.2, 0) is 11.0 Å². The third-order valence-corrected chi connectivity index (χ3v) is 7.54. The second kappa shape index (κ2) is 11.2. The van der Waals surface area contributed by atoms with Crippen LogP contribution >= 0.6 is 0 Å². The van der Waals surface area contributed by atoms with Gasteiger partial charge in [0.1, 0.15) is 29.4 Å². The summed E-state index contributed by atoms with van der Waals surface area (Å²) in [6.07, 6.45) is 1.28. The lowest BCUT2D eigenvalue weighted by Gasteiger charge is -2.36. The Labute approximate surface area is 234 Å². The van der Waals surface area contributed by atoms with E-state index in [0.717, 1.165) is 25.0 Å². The molecule has 5 N–H and O–H groups in total. The van der Waals surface area contributed by atoms with Gasteiger partial charge in [0.25, 0.3) is 5.91 Å². The fraction of sp³-hybridized carbons (Fsp3) is 0.393. The number of nitrogens with zero attached hydrogens (tertiary/aromatic N) is 4. The van der Waals surface area contributed by atoms with Crippen molar-refractivity contribution in [1.29, 1.82) is 0 Å². The van der Waals surface area contributed by atoms with E-state index >= 15 is 0 Å². The Morgan fingerprint density at radius 2 is 1.83 bits per heavy atom. The summed E-state index contributed by atoms with van der Waals surface area (Å²) in [7, 11) is 0. The lowest BCUT2D eigenvalue weighted by atomic mass is 9.95. The maximum atomic E-state index is 13.5. The molecule has 10 nitrogen and oxygen atoms in total. The molecule has 2 aliphatic heterocycles. The average Bonchev–Trinajstić information content (AvgIpc) is 3.23. The Morgan fingerprint density at radius 1 is 1.07 bits per heavy atom. The highest BCUT2D eigenvalue weighted by Gasteiger charge is 2.39. The molecule has 2 saturated heterocycles. The number of carbonyl (C=O) groups excluding carboxylic acids is 2. The van der Waals surface area contributed by atoms with Crippen LogP contribution in [0.3, 0.4) is 0 Å². The molecule has 4 atom stereocenters. The Kier molecular flexibility index (Phi) is 7.70. The SMILES string of the molecule is C[C@H](Nc1cc(C(N)=O)nc(N2CC3CCC2CC(Oc2ccc(C(F)(F)F)cc2-c2ccncc2)C3)n1)C(N)=O. The number of hydrogen-bond donors (Lipinski definition) is 3. The number of piperidine rings is 1. The van der Waals surface area contributed by atoms with Crippen LogP contribution in [0, 0.1) is 5.92 Å². The number of ether oxygens (including phenoxy) is 1. The van der Waals surface area contributed by atoms with Crippen molar-refractivity contribution in [1.82, 2.24) is 15.0 Å². The molecule has 3 aliphatic rings. The summed E-state index contributed by atoms with van der Waals surface area (Å²) < 4.78 is 47.0. The van der Waals surface area contributed by atoms with E-state index in [4.69, 9.17) is 16.2 Å². The van der Waals surface area contributed by atoms with Crippen LogP contribution < -0.4 is 26.4 Å². The highest BCUT2D eigenvalue weighted by Crippen LogP contribution is 2.41. The van der Waals surface area contributed by atoms with Gasteiger partial charge in [0.15, 0.2) is 0 Å². The number of nitrogens with two attached hydrogens (primary N) is 2. The van der Waals surface area contributed by atoms with Gasteiger partial charge in [0, 0.05) is 43.0 Å². The Balaban J connectivity index is 1.42. The summed E-state index contributed by atoms with van der Waals surface area (Å²) >= 11 is 0. The molecule has 0 spiro atoms. The first-order valence-electron chi connectivity index (χ1n) is 13.3. The zero-order chi connectivity index (χ0) is 29.3. The molecule has 1 aromatic carbocycles.